The van der Waals surface area contributed by atoms with Crippen LogP contribution >= 0.6 is 0 Å². The number of hydrogen-bond donors (Lipinski definition) is 2. The Kier molecular flexibility index (Phi) is 7.07. The molecule has 0 aromatic heterocycles. The van der Waals surface area contributed by atoms with Gasteiger partial charge in [-0.05, 0) is 36.2 Å². The summed E-state index contributed by atoms with van der Waals surface area (Å²) in [6.07, 6.45) is 2.01. The number of ether oxygens (including phenoxy) is 2. The summed E-state index contributed by atoms with van der Waals surface area (Å²) in [6.45, 7) is 0.401. The molecule has 0 aliphatic carbocycles. The number of methoxy groups -OCH3 is 2. The zero-order chi connectivity index (χ0) is 18.8. The second-order valence-corrected chi connectivity index (χ2v) is 5.38. The van der Waals surface area contributed by atoms with Crippen LogP contribution in [0.1, 0.15) is 5.56 Å². The lowest BCUT2D eigenvalue weighted by Crippen LogP contribution is -2.27. The Morgan fingerprint density at radius 1 is 1.12 bits per heavy atom. The number of amides is 1. The minimum atomic E-state index is -0.420. The molecule has 0 fully saturated rings. The first-order valence-electron chi connectivity index (χ1n) is 8.09. The van der Waals surface area contributed by atoms with Gasteiger partial charge in [0.15, 0.2) is 11.5 Å². The van der Waals surface area contributed by atoms with Gasteiger partial charge in [0.05, 0.1) is 14.2 Å². The van der Waals surface area contributed by atoms with Gasteiger partial charge in [0.25, 0.3) is 5.91 Å². The molecule has 2 N–H and O–H groups in total. The van der Waals surface area contributed by atoms with Crippen molar-refractivity contribution in [2.75, 3.05) is 26.1 Å². The lowest BCUT2D eigenvalue weighted by atomic mass is 10.1. The fourth-order valence-corrected chi connectivity index (χ4v) is 2.29. The zero-order valence-corrected chi connectivity index (χ0v) is 14.8. The smallest absolute Gasteiger partial charge is 0.263 e. The SMILES string of the molecule is COc1ccc(CCNC(=O)/C(C#N)=C\Nc2ccccc2)cc1OC. The molecule has 6 heteroatoms. The fraction of sp³-hybridized carbons (Fsp3) is 0.200. The molecule has 0 spiro atoms. The summed E-state index contributed by atoms with van der Waals surface area (Å²) in [5, 5.41) is 14.8. The molecule has 2 aromatic rings. The Morgan fingerprint density at radius 2 is 1.85 bits per heavy atom. The van der Waals surface area contributed by atoms with Crippen LogP contribution in [0.15, 0.2) is 60.3 Å². The zero-order valence-electron chi connectivity index (χ0n) is 14.8. The van der Waals surface area contributed by atoms with Crippen LogP contribution in [0.3, 0.4) is 0 Å². The minimum Gasteiger partial charge on any atom is -0.493 e. The van der Waals surface area contributed by atoms with E-state index in [1.54, 1.807) is 14.2 Å². The first-order chi connectivity index (χ1) is 12.7. The largest absolute Gasteiger partial charge is 0.493 e. The van der Waals surface area contributed by atoms with E-state index in [0.717, 1.165) is 11.3 Å². The molecule has 6 nitrogen and oxygen atoms in total. The molecule has 0 aliphatic rings. The normalized spacial score (nSPS) is 10.6. The van der Waals surface area contributed by atoms with Crippen LogP contribution in [0, 0.1) is 11.3 Å². The number of hydrogen-bond acceptors (Lipinski definition) is 5. The molecule has 0 unspecified atom stereocenters. The molecule has 2 rings (SSSR count). The van der Waals surface area contributed by atoms with Gasteiger partial charge in [-0.3, -0.25) is 4.79 Å². The standard InChI is InChI=1S/C20H21N3O3/c1-25-18-9-8-15(12-19(18)26-2)10-11-22-20(24)16(13-21)14-23-17-6-4-3-5-7-17/h3-9,12,14,23H,10-11H2,1-2H3,(H,22,24)/b16-14-. The number of rotatable bonds is 8. The molecule has 1 amide bonds. The van der Waals surface area contributed by atoms with Crippen molar-refractivity contribution in [2.45, 2.75) is 6.42 Å². The third-order valence-corrected chi connectivity index (χ3v) is 3.67. The molecule has 26 heavy (non-hydrogen) atoms. The molecule has 0 bridgehead atoms. The first kappa shape index (κ1) is 18.9. The number of nitrogens with zero attached hydrogens (tertiary/aromatic N) is 1. The van der Waals surface area contributed by atoms with E-state index in [1.807, 2.05) is 54.6 Å². The van der Waals surface area contributed by atoms with Crippen LogP contribution in [-0.2, 0) is 11.2 Å². The van der Waals surface area contributed by atoms with Crippen molar-refractivity contribution >= 4 is 11.6 Å². The monoisotopic (exact) mass is 351 g/mol. The van der Waals surface area contributed by atoms with Crippen molar-refractivity contribution in [1.82, 2.24) is 5.32 Å². The fourth-order valence-electron chi connectivity index (χ4n) is 2.29. The number of para-hydroxylation sites is 1. The van der Waals surface area contributed by atoms with Crippen LogP contribution in [0.4, 0.5) is 5.69 Å². The van der Waals surface area contributed by atoms with Gasteiger partial charge in [-0.2, -0.15) is 5.26 Å². The van der Waals surface area contributed by atoms with Crippen LogP contribution < -0.4 is 20.1 Å². The molecule has 134 valence electrons. The van der Waals surface area contributed by atoms with Gasteiger partial charge in [-0.15, -0.1) is 0 Å². The predicted octanol–water partition coefficient (Wildman–Crippen LogP) is 2.88. The summed E-state index contributed by atoms with van der Waals surface area (Å²) in [6, 6.07) is 16.8. The maximum absolute atomic E-state index is 12.1. The summed E-state index contributed by atoms with van der Waals surface area (Å²) in [5.74, 6) is 0.874. The van der Waals surface area contributed by atoms with E-state index < -0.39 is 5.91 Å². The lowest BCUT2D eigenvalue weighted by Gasteiger charge is -2.10. The van der Waals surface area contributed by atoms with Gasteiger partial charge in [-0.25, -0.2) is 0 Å². The maximum Gasteiger partial charge on any atom is 0.263 e. The van der Waals surface area contributed by atoms with Crippen molar-refractivity contribution in [3.63, 3.8) is 0 Å². The van der Waals surface area contributed by atoms with Gasteiger partial charge in [0.2, 0.25) is 0 Å². The van der Waals surface area contributed by atoms with E-state index >= 15 is 0 Å². The van der Waals surface area contributed by atoms with Gasteiger partial charge >= 0.3 is 0 Å². The van der Waals surface area contributed by atoms with E-state index in [4.69, 9.17) is 14.7 Å². The molecule has 0 saturated carbocycles. The highest BCUT2D eigenvalue weighted by Gasteiger charge is 2.09. The van der Waals surface area contributed by atoms with Crippen molar-refractivity contribution < 1.29 is 14.3 Å². The molecular formula is C20H21N3O3. The molecule has 0 atom stereocenters. The summed E-state index contributed by atoms with van der Waals surface area (Å²) in [5.41, 5.74) is 1.81. The average molecular weight is 351 g/mol. The highest BCUT2D eigenvalue weighted by molar-refractivity contribution is 5.97. The number of carbonyl (C=O) groups excluding carboxylic acids is 1. The van der Waals surface area contributed by atoms with Crippen molar-refractivity contribution in [1.29, 1.82) is 5.26 Å². The highest BCUT2D eigenvalue weighted by atomic mass is 16.5. The Bertz CT molecular complexity index is 811. The predicted molar refractivity (Wildman–Crippen MR) is 100 cm³/mol. The number of nitriles is 1. The van der Waals surface area contributed by atoms with Crippen molar-refractivity contribution in [3.8, 4) is 17.6 Å². The van der Waals surface area contributed by atoms with Crippen molar-refractivity contribution in [3.05, 3.63) is 65.9 Å². The number of benzene rings is 2. The van der Waals surface area contributed by atoms with Crippen LogP contribution in [0.2, 0.25) is 0 Å². The Morgan fingerprint density at radius 3 is 2.50 bits per heavy atom. The topological polar surface area (TPSA) is 83.4 Å². The van der Waals surface area contributed by atoms with E-state index in [-0.39, 0.29) is 5.57 Å². The Labute approximate surface area is 153 Å². The first-order valence-corrected chi connectivity index (χ1v) is 8.09. The van der Waals surface area contributed by atoms with E-state index in [1.165, 1.54) is 6.20 Å². The minimum absolute atomic E-state index is 0.0150. The van der Waals surface area contributed by atoms with Gasteiger partial charge < -0.3 is 20.1 Å². The third kappa shape index (κ3) is 5.28. The molecular weight excluding hydrogens is 330 g/mol. The maximum atomic E-state index is 12.1. The van der Waals surface area contributed by atoms with Gasteiger partial charge in [0, 0.05) is 18.4 Å². The van der Waals surface area contributed by atoms with Crippen LogP contribution in [-0.4, -0.2) is 26.7 Å². The third-order valence-electron chi connectivity index (χ3n) is 3.67. The molecule has 2 aromatic carbocycles. The van der Waals surface area contributed by atoms with E-state index in [0.29, 0.717) is 24.5 Å². The summed E-state index contributed by atoms with van der Waals surface area (Å²) in [4.78, 5) is 12.1. The molecule has 0 radical (unpaired) electrons. The van der Waals surface area contributed by atoms with E-state index in [9.17, 15) is 4.79 Å². The summed E-state index contributed by atoms with van der Waals surface area (Å²) < 4.78 is 10.5. The number of carbonyl (C=O) groups is 1. The lowest BCUT2D eigenvalue weighted by molar-refractivity contribution is -0.117. The van der Waals surface area contributed by atoms with Crippen LogP contribution in [0.5, 0.6) is 11.5 Å². The second kappa shape index (κ2) is 9.74. The molecule has 0 heterocycles. The van der Waals surface area contributed by atoms with Gasteiger partial charge in [-0.1, -0.05) is 24.3 Å². The molecule has 0 aliphatic heterocycles. The molecule has 0 saturated heterocycles. The van der Waals surface area contributed by atoms with E-state index in [2.05, 4.69) is 10.6 Å². The van der Waals surface area contributed by atoms with Gasteiger partial charge in [0.1, 0.15) is 11.6 Å². The summed E-state index contributed by atoms with van der Waals surface area (Å²) >= 11 is 0. The van der Waals surface area contributed by atoms with Crippen molar-refractivity contribution in [2.24, 2.45) is 0 Å². The van der Waals surface area contributed by atoms with Crippen LogP contribution in [0.25, 0.3) is 0 Å². The summed E-state index contributed by atoms with van der Waals surface area (Å²) in [7, 11) is 3.16. The Balaban J connectivity index is 1.90. The highest BCUT2D eigenvalue weighted by Crippen LogP contribution is 2.27. The second-order valence-electron chi connectivity index (χ2n) is 5.38. The Hall–Kier alpha value is -3.46. The quantitative estimate of drug-likeness (QED) is 0.564. The number of nitrogens with one attached hydrogen (secondary N) is 2. The average Bonchev–Trinajstić information content (AvgIpc) is 2.69. The number of anilines is 1.